The van der Waals surface area contributed by atoms with Gasteiger partial charge in [0.25, 0.3) is 5.56 Å². The lowest BCUT2D eigenvalue weighted by atomic mass is 9.93. The lowest BCUT2D eigenvalue weighted by molar-refractivity contribution is -0.120. The minimum Gasteiger partial charge on any atom is -0.328 e. The molecule has 2 heterocycles. The van der Waals surface area contributed by atoms with Crippen LogP contribution in [0.25, 0.3) is 16.7 Å². The molecule has 30 heavy (non-hydrogen) atoms. The summed E-state index contributed by atoms with van der Waals surface area (Å²) in [6.45, 7) is 2.03. The number of benzene rings is 1. The van der Waals surface area contributed by atoms with Crippen molar-refractivity contribution in [1.82, 2.24) is 24.0 Å². The molecule has 0 aliphatic heterocycles. The van der Waals surface area contributed by atoms with E-state index < -0.39 is 11.2 Å². The van der Waals surface area contributed by atoms with Gasteiger partial charge in [-0.05, 0) is 42.5 Å². The van der Waals surface area contributed by atoms with Crippen LogP contribution in [0.1, 0.15) is 24.0 Å². The fourth-order valence-electron chi connectivity index (χ4n) is 3.79. The van der Waals surface area contributed by atoms with E-state index in [1.165, 1.54) is 39.2 Å². The second kappa shape index (κ2) is 7.62. The Labute approximate surface area is 172 Å². The standard InChI is InChI=1S/C22H23N5O3/c1-14-6-4-5-7-17(14)15-8-10-16(11-9-15)24-18(28)12-27-13-23-20-19(27)21(29)26(3)22(30)25(20)2/h4-8,10,13H,9,11-12H2,1-3H3,(H,24,28). The average molecular weight is 405 g/mol. The first-order chi connectivity index (χ1) is 14.4. The van der Waals surface area contributed by atoms with Crippen LogP contribution in [0.3, 0.4) is 0 Å². The number of amides is 1. The maximum absolute atomic E-state index is 12.6. The maximum Gasteiger partial charge on any atom is 0.332 e. The molecule has 2 aromatic heterocycles. The Morgan fingerprint density at radius 1 is 1.10 bits per heavy atom. The van der Waals surface area contributed by atoms with Crippen LogP contribution in [0.2, 0.25) is 0 Å². The van der Waals surface area contributed by atoms with Gasteiger partial charge in [-0.1, -0.05) is 30.3 Å². The molecular weight excluding hydrogens is 382 g/mol. The molecule has 154 valence electrons. The molecule has 0 unspecified atom stereocenters. The van der Waals surface area contributed by atoms with Crippen LogP contribution < -0.4 is 16.6 Å². The van der Waals surface area contributed by atoms with Crippen molar-refractivity contribution >= 4 is 22.6 Å². The van der Waals surface area contributed by atoms with Crippen molar-refractivity contribution in [1.29, 1.82) is 0 Å². The predicted octanol–water partition coefficient (Wildman–Crippen LogP) is 1.62. The molecule has 0 bridgehead atoms. The van der Waals surface area contributed by atoms with Gasteiger partial charge in [-0.25, -0.2) is 9.78 Å². The van der Waals surface area contributed by atoms with Crippen molar-refractivity contribution in [2.45, 2.75) is 26.3 Å². The Kier molecular flexibility index (Phi) is 4.99. The molecule has 1 aliphatic rings. The molecule has 8 heteroatoms. The van der Waals surface area contributed by atoms with E-state index >= 15 is 0 Å². The van der Waals surface area contributed by atoms with Gasteiger partial charge in [0.1, 0.15) is 6.54 Å². The van der Waals surface area contributed by atoms with Gasteiger partial charge >= 0.3 is 5.69 Å². The zero-order valence-electron chi connectivity index (χ0n) is 17.2. The van der Waals surface area contributed by atoms with Gasteiger partial charge in [0.15, 0.2) is 11.2 Å². The molecule has 3 aromatic rings. The van der Waals surface area contributed by atoms with E-state index in [0.717, 1.165) is 23.1 Å². The second-order valence-corrected chi connectivity index (χ2v) is 7.50. The molecule has 0 radical (unpaired) electrons. The van der Waals surface area contributed by atoms with Crippen LogP contribution in [0.4, 0.5) is 0 Å². The molecular formula is C22H23N5O3. The Morgan fingerprint density at radius 2 is 1.87 bits per heavy atom. The quantitative estimate of drug-likeness (QED) is 0.714. The number of carbonyl (C=O) groups is 1. The first-order valence-electron chi connectivity index (χ1n) is 9.73. The lowest BCUT2D eigenvalue weighted by Gasteiger charge is -2.17. The van der Waals surface area contributed by atoms with Crippen LogP contribution in [0, 0.1) is 6.92 Å². The van der Waals surface area contributed by atoms with Crippen LogP contribution in [-0.2, 0) is 25.4 Å². The number of aryl methyl sites for hydroxylation is 2. The summed E-state index contributed by atoms with van der Waals surface area (Å²) in [6.07, 6.45) is 6.95. The summed E-state index contributed by atoms with van der Waals surface area (Å²) >= 11 is 0. The average Bonchev–Trinajstić information content (AvgIpc) is 3.15. The monoisotopic (exact) mass is 405 g/mol. The minimum absolute atomic E-state index is 0.0599. The topological polar surface area (TPSA) is 90.9 Å². The molecule has 1 N–H and O–H groups in total. The third kappa shape index (κ3) is 3.41. The second-order valence-electron chi connectivity index (χ2n) is 7.50. The van der Waals surface area contributed by atoms with Gasteiger partial charge in [0, 0.05) is 19.8 Å². The highest BCUT2D eigenvalue weighted by Gasteiger charge is 2.17. The van der Waals surface area contributed by atoms with Crippen LogP contribution in [-0.4, -0.2) is 24.6 Å². The van der Waals surface area contributed by atoms with E-state index in [-0.39, 0.29) is 23.6 Å². The van der Waals surface area contributed by atoms with Crippen molar-refractivity contribution in [2.75, 3.05) is 0 Å². The number of aromatic nitrogens is 4. The number of nitrogens with one attached hydrogen (secondary N) is 1. The van der Waals surface area contributed by atoms with Crippen LogP contribution in [0.5, 0.6) is 0 Å². The zero-order valence-corrected chi connectivity index (χ0v) is 17.2. The number of hydrogen-bond acceptors (Lipinski definition) is 4. The molecule has 8 nitrogen and oxygen atoms in total. The minimum atomic E-state index is -0.471. The summed E-state index contributed by atoms with van der Waals surface area (Å²) in [7, 11) is 2.96. The van der Waals surface area contributed by atoms with Crippen LogP contribution >= 0.6 is 0 Å². The zero-order chi connectivity index (χ0) is 21.4. The number of imidazole rings is 1. The molecule has 1 aliphatic carbocycles. The number of hydrogen-bond donors (Lipinski definition) is 1. The Balaban J connectivity index is 1.53. The lowest BCUT2D eigenvalue weighted by Crippen LogP contribution is -2.38. The number of allylic oxidation sites excluding steroid dienone is 4. The fraction of sp³-hybridized carbons (Fsp3) is 0.273. The highest BCUT2D eigenvalue weighted by Crippen LogP contribution is 2.27. The van der Waals surface area contributed by atoms with E-state index in [1.807, 2.05) is 24.3 Å². The van der Waals surface area contributed by atoms with Crippen molar-refractivity contribution < 1.29 is 4.79 Å². The van der Waals surface area contributed by atoms with Gasteiger partial charge in [0.05, 0.1) is 6.33 Å². The van der Waals surface area contributed by atoms with Crippen molar-refractivity contribution in [3.8, 4) is 0 Å². The summed E-state index contributed by atoms with van der Waals surface area (Å²) in [5.74, 6) is -0.246. The fourth-order valence-corrected chi connectivity index (χ4v) is 3.79. The molecule has 1 aromatic carbocycles. The van der Waals surface area contributed by atoms with E-state index in [0.29, 0.717) is 0 Å². The van der Waals surface area contributed by atoms with Crippen molar-refractivity contribution in [3.63, 3.8) is 0 Å². The number of rotatable bonds is 4. The molecule has 0 saturated carbocycles. The highest BCUT2D eigenvalue weighted by molar-refractivity contribution is 5.81. The molecule has 4 rings (SSSR count). The smallest absolute Gasteiger partial charge is 0.328 e. The third-order valence-electron chi connectivity index (χ3n) is 5.47. The molecule has 1 amide bonds. The molecule has 0 spiro atoms. The van der Waals surface area contributed by atoms with Crippen LogP contribution in [0.15, 0.2) is 58.0 Å². The first-order valence-corrected chi connectivity index (χ1v) is 9.73. The third-order valence-corrected chi connectivity index (χ3v) is 5.47. The van der Waals surface area contributed by atoms with Gasteiger partial charge < -0.3 is 9.88 Å². The van der Waals surface area contributed by atoms with Gasteiger partial charge in [-0.3, -0.25) is 18.7 Å². The molecule has 0 fully saturated rings. The maximum atomic E-state index is 12.6. The number of nitrogens with zero attached hydrogens (tertiary/aromatic N) is 4. The highest BCUT2D eigenvalue weighted by atomic mass is 16.2. The first kappa shape index (κ1) is 19.6. The summed E-state index contributed by atoms with van der Waals surface area (Å²) in [6, 6.07) is 8.25. The predicted molar refractivity (Wildman–Crippen MR) is 115 cm³/mol. The van der Waals surface area contributed by atoms with E-state index in [2.05, 4.69) is 29.4 Å². The normalized spacial score (nSPS) is 13.8. The van der Waals surface area contributed by atoms with Crippen molar-refractivity contribution in [2.24, 2.45) is 14.1 Å². The largest absolute Gasteiger partial charge is 0.332 e. The molecule has 0 atom stereocenters. The summed E-state index contributed by atoms with van der Waals surface area (Å²) in [5.41, 5.74) is 4.11. The summed E-state index contributed by atoms with van der Waals surface area (Å²) < 4.78 is 3.79. The van der Waals surface area contributed by atoms with E-state index in [9.17, 15) is 14.4 Å². The summed E-state index contributed by atoms with van der Waals surface area (Å²) in [5, 5.41) is 2.92. The Bertz CT molecular complexity index is 1340. The Hall–Kier alpha value is -3.68. The van der Waals surface area contributed by atoms with Crippen molar-refractivity contribution in [3.05, 3.63) is 80.4 Å². The summed E-state index contributed by atoms with van der Waals surface area (Å²) in [4.78, 5) is 41.2. The Morgan fingerprint density at radius 3 is 2.57 bits per heavy atom. The number of fused-ring (bicyclic) bond motifs is 1. The number of carbonyl (C=O) groups excluding carboxylic acids is 1. The van der Waals surface area contributed by atoms with Gasteiger partial charge in [0.2, 0.25) is 5.91 Å². The SMILES string of the molecule is Cc1ccccc1C1=CC=C(NC(=O)Cn2cnc3c2c(=O)n(C)c(=O)n3C)CC1. The van der Waals surface area contributed by atoms with Gasteiger partial charge in [-0.2, -0.15) is 0 Å². The molecule has 0 saturated heterocycles. The van der Waals surface area contributed by atoms with E-state index in [4.69, 9.17) is 0 Å². The van der Waals surface area contributed by atoms with Gasteiger partial charge in [-0.15, -0.1) is 0 Å². The van der Waals surface area contributed by atoms with E-state index in [1.54, 1.807) is 7.05 Å².